The van der Waals surface area contributed by atoms with E-state index < -0.39 is 18.2 Å². The highest BCUT2D eigenvalue weighted by Gasteiger charge is 2.36. The van der Waals surface area contributed by atoms with Crippen molar-refractivity contribution in [3.05, 3.63) is 29.3 Å². The number of likely N-dealkylation sites (N-methyl/N-ethyl adjacent to an activating group) is 1. The fourth-order valence-electron chi connectivity index (χ4n) is 3.66. The molecule has 2 heterocycles. The Kier molecular flexibility index (Phi) is 5.61. The molecule has 2 aliphatic rings. The molecule has 0 aliphatic carbocycles. The summed E-state index contributed by atoms with van der Waals surface area (Å²) < 4.78 is 11.0. The van der Waals surface area contributed by atoms with E-state index in [4.69, 9.17) is 9.47 Å². The summed E-state index contributed by atoms with van der Waals surface area (Å²) in [5.74, 6) is 0.906. The largest absolute Gasteiger partial charge is 0.490 e. The van der Waals surface area contributed by atoms with Gasteiger partial charge in [-0.05, 0) is 37.5 Å². The second-order valence-corrected chi connectivity index (χ2v) is 6.92. The van der Waals surface area contributed by atoms with E-state index in [2.05, 4.69) is 6.07 Å². The molecule has 25 heavy (non-hydrogen) atoms. The Morgan fingerprint density at radius 2 is 2.12 bits per heavy atom. The van der Waals surface area contributed by atoms with Crippen molar-refractivity contribution >= 4 is 5.91 Å². The van der Waals surface area contributed by atoms with Gasteiger partial charge in [-0.15, -0.1) is 0 Å². The SMILES string of the molecule is CCN(C(=O)CCc1ccc2c(c1)C[C@H](C)O2)[C@@H]1COC[C@@H](O)[C@H]1O. The maximum atomic E-state index is 12.6. The summed E-state index contributed by atoms with van der Waals surface area (Å²) in [6, 6.07) is 5.61. The van der Waals surface area contributed by atoms with Crippen molar-refractivity contribution in [2.45, 2.75) is 57.5 Å². The van der Waals surface area contributed by atoms with Gasteiger partial charge in [-0.25, -0.2) is 0 Å². The molecule has 0 bridgehead atoms. The van der Waals surface area contributed by atoms with Gasteiger partial charge in [0.15, 0.2) is 0 Å². The molecule has 1 amide bonds. The number of hydrogen-bond donors (Lipinski definition) is 2. The first-order valence-electron chi connectivity index (χ1n) is 9.01. The van der Waals surface area contributed by atoms with E-state index in [1.165, 1.54) is 5.56 Å². The van der Waals surface area contributed by atoms with Crippen molar-refractivity contribution in [3.63, 3.8) is 0 Å². The van der Waals surface area contributed by atoms with Crippen LogP contribution >= 0.6 is 0 Å². The van der Waals surface area contributed by atoms with E-state index >= 15 is 0 Å². The molecule has 0 saturated carbocycles. The molecule has 1 fully saturated rings. The maximum Gasteiger partial charge on any atom is 0.223 e. The highest BCUT2D eigenvalue weighted by molar-refractivity contribution is 5.77. The number of aryl methyl sites for hydroxylation is 1. The molecular formula is C19H27NO5. The summed E-state index contributed by atoms with van der Waals surface area (Å²) in [6.45, 7) is 4.77. The van der Waals surface area contributed by atoms with Gasteiger partial charge in [0.05, 0.1) is 19.3 Å². The number of aliphatic hydroxyl groups excluding tert-OH is 2. The van der Waals surface area contributed by atoms with Crippen molar-refractivity contribution in [2.24, 2.45) is 0 Å². The first-order valence-corrected chi connectivity index (χ1v) is 9.01. The Balaban J connectivity index is 1.60. The molecule has 4 atom stereocenters. The van der Waals surface area contributed by atoms with Crippen LogP contribution in [-0.2, 0) is 22.4 Å². The van der Waals surface area contributed by atoms with Crippen LogP contribution in [0, 0.1) is 0 Å². The number of carbonyl (C=O) groups excluding carboxylic acids is 1. The van der Waals surface area contributed by atoms with E-state index in [1.54, 1.807) is 4.90 Å². The van der Waals surface area contributed by atoms with Crippen molar-refractivity contribution < 1.29 is 24.5 Å². The van der Waals surface area contributed by atoms with Crippen LogP contribution in [-0.4, -0.2) is 65.1 Å². The monoisotopic (exact) mass is 349 g/mol. The molecule has 1 aromatic carbocycles. The summed E-state index contributed by atoms with van der Waals surface area (Å²) >= 11 is 0. The zero-order valence-corrected chi connectivity index (χ0v) is 14.9. The predicted octanol–water partition coefficient (Wildman–Crippen LogP) is 0.912. The van der Waals surface area contributed by atoms with Gasteiger partial charge in [0.2, 0.25) is 5.91 Å². The van der Waals surface area contributed by atoms with Gasteiger partial charge in [-0.2, -0.15) is 0 Å². The van der Waals surface area contributed by atoms with Crippen LogP contribution in [0.4, 0.5) is 0 Å². The van der Waals surface area contributed by atoms with Gasteiger partial charge in [-0.3, -0.25) is 4.79 Å². The van der Waals surface area contributed by atoms with E-state index in [1.807, 2.05) is 26.0 Å². The molecule has 2 aliphatic heterocycles. The number of fused-ring (bicyclic) bond motifs is 1. The zero-order valence-electron chi connectivity index (χ0n) is 14.9. The molecule has 2 N–H and O–H groups in total. The van der Waals surface area contributed by atoms with Gasteiger partial charge in [-0.1, -0.05) is 12.1 Å². The Hall–Kier alpha value is -1.63. The fourth-order valence-corrected chi connectivity index (χ4v) is 3.66. The van der Waals surface area contributed by atoms with Crippen molar-refractivity contribution in [1.82, 2.24) is 4.90 Å². The second-order valence-electron chi connectivity index (χ2n) is 6.92. The molecule has 3 rings (SSSR count). The Bertz CT molecular complexity index is 620. The molecule has 0 spiro atoms. The number of nitrogens with zero attached hydrogens (tertiary/aromatic N) is 1. The Morgan fingerprint density at radius 3 is 2.88 bits per heavy atom. The van der Waals surface area contributed by atoms with E-state index in [0.29, 0.717) is 19.4 Å². The molecule has 1 aromatic rings. The third kappa shape index (κ3) is 3.97. The van der Waals surface area contributed by atoms with Crippen molar-refractivity contribution in [2.75, 3.05) is 19.8 Å². The van der Waals surface area contributed by atoms with Crippen LogP contribution in [0.2, 0.25) is 0 Å². The molecule has 6 nitrogen and oxygen atoms in total. The van der Waals surface area contributed by atoms with Gasteiger partial charge in [0.1, 0.15) is 24.1 Å². The van der Waals surface area contributed by atoms with Gasteiger partial charge < -0.3 is 24.6 Å². The first-order chi connectivity index (χ1) is 12.0. The van der Waals surface area contributed by atoms with Gasteiger partial charge in [0, 0.05) is 19.4 Å². The number of ether oxygens (including phenoxy) is 2. The molecule has 1 saturated heterocycles. The molecule has 138 valence electrons. The third-order valence-electron chi connectivity index (χ3n) is 5.02. The number of rotatable bonds is 5. The highest BCUT2D eigenvalue weighted by Crippen LogP contribution is 2.29. The number of aliphatic hydroxyl groups is 2. The molecular weight excluding hydrogens is 322 g/mol. The number of carbonyl (C=O) groups is 1. The summed E-state index contributed by atoms with van der Waals surface area (Å²) in [4.78, 5) is 14.3. The van der Waals surface area contributed by atoms with E-state index in [0.717, 1.165) is 17.7 Å². The molecule has 0 unspecified atom stereocenters. The lowest BCUT2D eigenvalue weighted by Gasteiger charge is -2.39. The summed E-state index contributed by atoms with van der Waals surface area (Å²) in [5.41, 5.74) is 2.31. The Labute approximate surface area is 148 Å². The van der Waals surface area contributed by atoms with Crippen LogP contribution in [0.1, 0.15) is 31.4 Å². The zero-order chi connectivity index (χ0) is 18.0. The average Bonchev–Trinajstić information content (AvgIpc) is 2.96. The average molecular weight is 349 g/mol. The minimum Gasteiger partial charge on any atom is -0.490 e. The summed E-state index contributed by atoms with van der Waals surface area (Å²) in [5, 5.41) is 19.9. The molecule has 0 aromatic heterocycles. The lowest BCUT2D eigenvalue weighted by Crippen LogP contribution is -2.57. The maximum absolute atomic E-state index is 12.6. The minimum absolute atomic E-state index is 0.0330. The smallest absolute Gasteiger partial charge is 0.223 e. The molecule has 6 heteroatoms. The second kappa shape index (κ2) is 7.72. The molecule has 0 radical (unpaired) electrons. The fraction of sp³-hybridized carbons (Fsp3) is 0.632. The summed E-state index contributed by atoms with van der Waals surface area (Å²) in [7, 11) is 0. The lowest BCUT2D eigenvalue weighted by molar-refractivity contribution is -0.155. The standard InChI is InChI=1S/C19H27NO5/c1-3-20(15-10-24-11-16(21)19(15)23)18(22)7-5-13-4-6-17-14(9-13)8-12(2)25-17/h4,6,9,12,15-16,19,21,23H,3,5,7-8,10-11H2,1-2H3/t12-,15+,16+,19-/m0/s1. The Morgan fingerprint density at radius 1 is 1.32 bits per heavy atom. The number of benzene rings is 1. The van der Waals surface area contributed by atoms with Crippen LogP contribution in [0.25, 0.3) is 0 Å². The predicted molar refractivity (Wildman–Crippen MR) is 92.6 cm³/mol. The van der Waals surface area contributed by atoms with Crippen LogP contribution < -0.4 is 4.74 Å². The highest BCUT2D eigenvalue weighted by atomic mass is 16.5. The van der Waals surface area contributed by atoms with E-state index in [-0.39, 0.29) is 25.2 Å². The van der Waals surface area contributed by atoms with Crippen molar-refractivity contribution in [3.8, 4) is 5.75 Å². The third-order valence-corrected chi connectivity index (χ3v) is 5.02. The van der Waals surface area contributed by atoms with Crippen LogP contribution in [0.3, 0.4) is 0 Å². The van der Waals surface area contributed by atoms with Gasteiger partial charge in [0.25, 0.3) is 0 Å². The first kappa shape index (κ1) is 18.2. The quantitative estimate of drug-likeness (QED) is 0.826. The minimum atomic E-state index is -0.962. The van der Waals surface area contributed by atoms with Crippen LogP contribution in [0.5, 0.6) is 5.75 Å². The van der Waals surface area contributed by atoms with Crippen LogP contribution in [0.15, 0.2) is 18.2 Å². The van der Waals surface area contributed by atoms with E-state index in [9.17, 15) is 15.0 Å². The topological polar surface area (TPSA) is 79.2 Å². The number of hydrogen-bond acceptors (Lipinski definition) is 5. The normalized spacial score (nSPS) is 28.3. The van der Waals surface area contributed by atoms with Crippen molar-refractivity contribution in [1.29, 1.82) is 0 Å². The lowest BCUT2D eigenvalue weighted by atomic mass is 10.0. The summed E-state index contributed by atoms with van der Waals surface area (Å²) in [6.07, 6.45) is 0.213. The van der Waals surface area contributed by atoms with Gasteiger partial charge >= 0.3 is 0 Å². The number of amides is 1.